The number of thioether (sulfide) groups is 1. The maximum absolute atomic E-state index is 11.1. The standard InChI is InChI=1S/C13H19N3O3S2/c1-3-16(4-2)7-8-20-13-14-11-6-5-10(21(17,18)19)9-12(11)15-13/h5-6,9H,3-4,7-8H2,1-2H3,(H,14,15)(H,17,18,19). The lowest BCUT2D eigenvalue weighted by molar-refractivity contribution is 0.324. The zero-order valence-electron chi connectivity index (χ0n) is 12.0. The molecule has 0 aliphatic rings. The predicted molar refractivity (Wildman–Crippen MR) is 84.4 cm³/mol. The van der Waals surface area contributed by atoms with Crippen molar-refractivity contribution in [2.75, 3.05) is 25.4 Å². The molecule has 2 N–H and O–H groups in total. The number of fused-ring (bicyclic) bond motifs is 1. The predicted octanol–water partition coefficient (Wildman–Crippen LogP) is 2.24. The molecular formula is C13H19N3O3S2. The van der Waals surface area contributed by atoms with Crippen LogP contribution in [0.5, 0.6) is 0 Å². The molecule has 2 aromatic rings. The molecule has 1 heterocycles. The van der Waals surface area contributed by atoms with Crippen LogP contribution < -0.4 is 0 Å². The fourth-order valence-corrected chi connectivity index (χ4v) is 3.39. The number of hydrogen-bond acceptors (Lipinski definition) is 5. The molecule has 6 nitrogen and oxygen atoms in total. The van der Waals surface area contributed by atoms with Crippen molar-refractivity contribution in [3.8, 4) is 0 Å². The highest BCUT2D eigenvalue weighted by Crippen LogP contribution is 2.22. The number of nitrogens with one attached hydrogen (secondary N) is 1. The van der Waals surface area contributed by atoms with Crippen LogP contribution in [0.3, 0.4) is 0 Å². The van der Waals surface area contributed by atoms with Gasteiger partial charge in [0.05, 0.1) is 15.9 Å². The molecule has 2 rings (SSSR count). The monoisotopic (exact) mass is 329 g/mol. The van der Waals surface area contributed by atoms with Crippen molar-refractivity contribution in [3.63, 3.8) is 0 Å². The summed E-state index contributed by atoms with van der Waals surface area (Å²) in [5.74, 6) is 0.909. The van der Waals surface area contributed by atoms with Crippen LogP contribution in [0, 0.1) is 0 Å². The smallest absolute Gasteiger partial charge is 0.294 e. The average molecular weight is 329 g/mol. The van der Waals surface area contributed by atoms with Gasteiger partial charge in [-0.1, -0.05) is 25.6 Å². The Morgan fingerprint density at radius 1 is 1.33 bits per heavy atom. The van der Waals surface area contributed by atoms with Crippen molar-refractivity contribution in [1.82, 2.24) is 14.9 Å². The van der Waals surface area contributed by atoms with Crippen LogP contribution in [-0.2, 0) is 10.1 Å². The van der Waals surface area contributed by atoms with E-state index in [1.807, 2.05) is 0 Å². The van der Waals surface area contributed by atoms with Gasteiger partial charge in [-0.15, -0.1) is 0 Å². The highest BCUT2D eigenvalue weighted by Gasteiger charge is 2.12. The van der Waals surface area contributed by atoms with E-state index in [0.717, 1.165) is 36.1 Å². The van der Waals surface area contributed by atoms with Gasteiger partial charge in [0.25, 0.3) is 10.1 Å². The van der Waals surface area contributed by atoms with E-state index in [9.17, 15) is 8.42 Å². The lowest BCUT2D eigenvalue weighted by Crippen LogP contribution is -2.25. The van der Waals surface area contributed by atoms with E-state index in [0.29, 0.717) is 5.52 Å². The number of aromatic amines is 1. The highest BCUT2D eigenvalue weighted by atomic mass is 32.2. The molecule has 21 heavy (non-hydrogen) atoms. The number of aromatic nitrogens is 2. The summed E-state index contributed by atoms with van der Waals surface area (Å²) < 4.78 is 31.2. The Hall–Kier alpha value is -1.09. The molecule has 0 atom stereocenters. The summed E-state index contributed by atoms with van der Waals surface area (Å²) in [6.07, 6.45) is 0. The second-order valence-electron chi connectivity index (χ2n) is 4.57. The van der Waals surface area contributed by atoms with E-state index in [1.54, 1.807) is 17.8 Å². The Kier molecular flexibility index (Phi) is 5.26. The van der Waals surface area contributed by atoms with Gasteiger partial charge in [-0.2, -0.15) is 8.42 Å². The van der Waals surface area contributed by atoms with Gasteiger partial charge in [-0.3, -0.25) is 4.55 Å². The number of benzene rings is 1. The minimum atomic E-state index is -4.19. The van der Waals surface area contributed by atoms with E-state index in [4.69, 9.17) is 4.55 Å². The Bertz CT molecular complexity index is 709. The van der Waals surface area contributed by atoms with Gasteiger partial charge < -0.3 is 9.88 Å². The molecule has 0 unspecified atom stereocenters. The van der Waals surface area contributed by atoms with E-state index >= 15 is 0 Å². The van der Waals surface area contributed by atoms with Crippen molar-refractivity contribution >= 4 is 32.9 Å². The number of nitrogens with zero attached hydrogens (tertiary/aromatic N) is 2. The van der Waals surface area contributed by atoms with Crippen molar-refractivity contribution in [3.05, 3.63) is 18.2 Å². The van der Waals surface area contributed by atoms with Crippen molar-refractivity contribution < 1.29 is 13.0 Å². The van der Waals surface area contributed by atoms with Gasteiger partial charge >= 0.3 is 0 Å². The molecule has 0 radical (unpaired) electrons. The second-order valence-corrected chi connectivity index (χ2v) is 7.08. The fourth-order valence-electron chi connectivity index (χ4n) is 2.00. The SMILES string of the molecule is CCN(CC)CCSc1nc2cc(S(=O)(=O)O)ccc2[nH]1. The average Bonchev–Trinajstić information content (AvgIpc) is 2.84. The number of H-pyrrole nitrogens is 1. The highest BCUT2D eigenvalue weighted by molar-refractivity contribution is 7.99. The summed E-state index contributed by atoms with van der Waals surface area (Å²) in [6, 6.07) is 4.34. The molecule has 1 aromatic heterocycles. The molecule has 8 heteroatoms. The summed E-state index contributed by atoms with van der Waals surface area (Å²) in [5, 5.41) is 0.754. The minimum Gasteiger partial charge on any atom is -0.333 e. The molecule has 0 saturated heterocycles. The van der Waals surface area contributed by atoms with Crippen molar-refractivity contribution in [2.24, 2.45) is 0 Å². The molecule has 116 valence electrons. The molecule has 0 aliphatic heterocycles. The van der Waals surface area contributed by atoms with Gasteiger partial charge in [0.15, 0.2) is 5.16 Å². The minimum absolute atomic E-state index is 0.138. The van der Waals surface area contributed by atoms with E-state index < -0.39 is 10.1 Å². The van der Waals surface area contributed by atoms with Crippen LogP contribution >= 0.6 is 11.8 Å². The van der Waals surface area contributed by atoms with Crippen molar-refractivity contribution in [2.45, 2.75) is 23.9 Å². The van der Waals surface area contributed by atoms with Crippen LogP contribution in [0.4, 0.5) is 0 Å². The normalized spacial score (nSPS) is 12.4. The van der Waals surface area contributed by atoms with Gasteiger partial charge in [-0.25, -0.2) is 4.98 Å². The van der Waals surface area contributed by atoms with E-state index in [1.165, 1.54) is 12.1 Å². The van der Waals surface area contributed by atoms with Gasteiger partial charge in [0.2, 0.25) is 0 Å². The Labute approximate surface area is 128 Å². The Balaban J connectivity index is 2.09. The quantitative estimate of drug-likeness (QED) is 0.598. The van der Waals surface area contributed by atoms with E-state index in [-0.39, 0.29) is 4.90 Å². The Morgan fingerprint density at radius 2 is 2.05 bits per heavy atom. The first-order valence-electron chi connectivity index (χ1n) is 6.76. The first kappa shape index (κ1) is 16.3. The summed E-state index contributed by atoms with van der Waals surface area (Å²) in [6.45, 7) is 7.28. The third-order valence-electron chi connectivity index (χ3n) is 3.27. The molecule has 0 bridgehead atoms. The zero-order chi connectivity index (χ0) is 15.5. The van der Waals surface area contributed by atoms with E-state index in [2.05, 4.69) is 28.7 Å². The first-order valence-corrected chi connectivity index (χ1v) is 9.19. The summed E-state index contributed by atoms with van der Waals surface area (Å²) in [4.78, 5) is 9.68. The van der Waals surface area contributed by atoms with Gasteiger partial charge in [0.1, 0.15) is 0 Å². The summed E-state index contributed by atoms with van der Waals surface area (Å²) >= 11 is 1.60. The van der Waals surface area contributed by atoms with Crippen LogP contribution in [0.2, 0.25) is 0 Å². The third-order valence-corrected chi connectivity index (χ3v) is 4.97. The number of rotatable bonds is 7. The summed E-state index contributed by atoms with van der Waals surface area (Å²) in [7, 11) is -4.19. The summed E-state index contributed by atoms with van der Waals surface area (Å²) in [5.41, 5.74) is 1.29. The van der Waals surface area contributed by atoms with Crippen LogP contribution in [0.1, 0.15) is 13.8 Å². The van der Waals surface area contributed by atoms with Gasteiger partial charge in [-0.05, 0) is 31.3 Å². The molecule has 0 fully saturated rings. The van der Waals surface area contributed by atoms with Crippen LogP contribution in [-0.4, -0.2) is 53.2 Å². The lowest BCUT2D eigenvalue weighted by atomic mass is 10.3. The van der Waals surface area contributed by atoms with Gasteiger partial charge in [0, 0.05) is 12.3 Å². The maximum Gasteiger partial charge on any atom is 0.294 e. The fraction of sp³-hybridized carbons (Fsp3) is 0.462. The molecule has 0 aliphatic carbocycles. The number of hydrogen-bond donors (Lipinski definition) is 2. The van der Waals surface area contributed by atoms with Crippen LogP contribution in [0.25, 0.3) is 11.0 Å². The topological polar surface area (TPSA) is 86.3 Å². The van der Waals surface area contributed by atoms with Crippen molar-refractivity contribution in [1.29, 1.82) is 0 Å². The second kappa shape index (κ2) is 6.78. The molecule has 0 amide bonds. The first-order chi connectivity index (χ1) is 9.94. The van der Waals surface area contributed by atoms with Crippen LogP contribution in [0.15, 0.2) is 28.3 Å². The largest absolute Gasteiger partial charge is 0.333 e. The number of imidazole rings is 1. The molecule has 1 aromatic carbocycles. The lowest BCUT2D eigenvalue weighted by Gasteiger charge is -2.16. The molecule has 0 spiro atoms. The third kappa shape index (κ3) is 4.19. The zero-order valence-corrected chi connectivity index (χ0v) is 13.7. The molecular weight excluding hydrogens is 310 g/mol. The maximum atomic E-state index is 11.1. The molecule has 0 saturated carbocycles. The Morgan fingerprint density at radius 3 is 2.67 bits per heavy atom.